The van der Waals surface area contributed by atoms with E-state index in [-0.39, 0.29) is 17.9 Å². The first-order valence-corrected chi connectivity index (χ1v) is 12.7. The van der Waals surface area contributed by atoms with E-state index in [9.17, 15) is 9.59 Å². The van der Waals surface area contributed by atoms with Gasteiger partial charge >= 0.3 is 0 Å². The lowest BCUT2D eigenvalue weighted by Crippen LogP contribution is -2.36. The van der Waals surface area contributed by atoms with E-state index in [2.05, 4.69) is 23.3 Å². The van der Waals surface area contributed by atoms with Crippen molar-refractivity contribution in [3.8, 4) is 0 Å². The third-order valence-electron chi connectivity index (χ3n) is 5.53. The van der Waals surface area contributed by atoms with Crippen molar-refractivity contribution in [1.82, 2.24) is 4.98 Å². The fourth-order valence-corrected chi connectivity index (χ4v) is 6.08. The highest BCUT2D eigenvalue weighted by molar-refractivity contribution is 8.01. The number of para-hydroxylation sites is 1. The van der Waals surface area contributed by atoms with Gasteiger partial charge in [0.25, 0.3) is 5.91 Å². The largest absolute Gasteiger partial charge is 0.322 e. The third-order valence-corrected chi connectivity index (χ3v) is 7.93. The van der Waals surface area contributed by atoms with Crippen LogP contribution in [0.25, 0.3) is 10.2 Å². The summed E-state index contributed by atoms with van der Waals surface area (Å²) >= 11 is 8.86. The average molecular weight is 494 g/mol. The van der Waals surface area contributed by atoms with Gasteiger partial charge in [-0.25, -0.2) is 4.98 Å². The first-order valence-electron chi connectivity index (χ1n) is 10.5. The van der Waals surface area contributed by atoms with Crippen LogP contribution in [0, 0.1) is 0 Å². The van der Waals surface area contributed by atoms with Crippen molar-refractivity contribution in [2.45, 2.75) is 23.7 Å². The molecule has 1 N–H and O–H groups in total. The molecule has 0 bridgehead atoms. The maximum atomic E-state index is 13.0. The summed E-state index contributed by atoms with van der Waals surface area (Å²) in [6.07, 6.45) is 0.887. The number of hydrogen-bond acceptors (Lipinski definition) is 5. The van der Waals surface area contributed by atoms with Crippen LogP contribution in [0.1, 0.15) is 22.8 Å². The number of rotatable bonds is 5. The van der Waals surface area contributed by atoms with Crippen LogP contribution >= 0.6 is 34.7 Å². The second-order valence-electron chi connectivity index (χ2n) is 7.86. The molecule has 0 saturated carbocycles. The van der Waals surface area contributed by atoms with Gasteiger partial charge < -0.3 is 10.2 Å². The standard InChI is InChI=1S/C25H20ClN3O2S2/c1-15-12-17-4-2-3-5-21(17)29(15)23(30)14-32-25-28-20-11-10-19(13-22(20)33-25)27-24(31)16-6-8-18(26)9-7-16/h2-11,13,15H,12,14H2,1H3,(H,27,31)/t15-/m1/s1. The summed E-state index contributed by atoms with van der Waals surface area (Å²) in [6, 6.07) is 20.6. The van der Waals surface area contributed by atoms with E-state index in [1.807, 2.05) is 41.3 Å². The Kier molecular flexibility index (Phi) is 6.10. The van der Waals surface area contributed by atoms with E-state index in [0.717, 1.165) is 26.7 Å². The molecule has 1 atom stereocenters. The summed E-state index contributed by atoms with van der Waals surface area (Å²) in [5.41, 5.74) is 4.31. The number of nitrogens with zero attached hydrogens (tertiary/aromatic N) is 2. The van der Waals surface area contributed by atoms with E-state index in [1.54, 1.807) is 24.3 Å². The lowest BCUT2D eigenvalue weighted by atomic mass is 10.1. The molecule has 1 aliphatic heterocycles. The van der Waals surface area contributed by atoms with Crippen LogP contribution in [0.15, 0.2) is 71.1 Å². The molecule has 8 heteroatoms. The van der Waals surface area contributed by atoms with Crippen LogP contribution in [-0.2, 0) is 11.2 Å². The van der Waals surface area contributed by atoms with Crippen LogP contribution in [0.2, 0.25) is 5.02 Å². The molecule has 5 nitrogen and oxygen atoms in total. The topological polar surface area (TPSA) is 62.3 Å². The van der Waals surface area contributed by atoms with Crippen molar-refractivity contribution >= 4 is 68.1 Å². The van der Waals surface area contributed by atoms with Crippen LogP contribution in [0.4, 0.5) is 11.4 Å². The molecule has 0 saturated heterocycles. The summed E-state index contributed by atoms with van der Waals surface area (Å²) in [7, 11) is 0. The fraction of sp³-hybridized carbons (Fsp3) is 0.160. The first kappa shape index (κ1) is 21.9. The molecule has 0 radical (unpaired) electrons. The Morgan fingerprint density at radius 2 is 1.94 bits per heavy atom. The van der Waals surface area contributed by atoms with Crippen molar-refractivity contribution in [2.75, 3.05) is 16.0 Å². The van der Waals surface area contributed by atoms with Gasteiger partial charge in [0.05, 0.1) is 16.0 Å². The van der Waals surface area contributed by atoms with E-state index in [0.29, 0.717) is 22.0 Å². The zero-order valence-corrected chi connectivity index (χ0v) is 20.1. The Hall–Kier alpha value is -2.87. The number of halogens is 1. The van der Waals surface area contributed by atoms with Crippen molar-refractivity contribution in [3.63, 3.8) is 0 Å². The van der Waals surface area contributed by atoms with Gasteiger partial charge in [0.15, 0.2) is 4.34 Å². The predicted molar refractivity (Wildman–Crippen MR) is 137 cm³/mol. The van der Waals surface area contributed by atoms with Gasteiger partial charge in [-0.15, -0.1) is 11.3 Å². The first-order chi connectivity index (χ1) is 16.0. The van der Waals surface area contributed by atoms with E-state index in [4.69, 9.17) is 11.6 Å². The zero-order chi connectivity index (χ0) is 22.9. The molecular formula is C25H20ClN3O2S2. The SMILES string of the molecule is C[C@@H]1Cc2ccccc2N1C(=O)CSc1nc2ccc(NC(=O)c3ccc(Cl)cc3)cc2s1. The van der Waals surface area contributed by atoms with E-state index >= 15 is 0 Å². The number of hydrogen-bond donors (Lipinski definition) is 1. The summed E-state index contributed by atoms with van der Waals surface area (Å²) in [4.78, 5) is 32.0. The smallest absolute Gasteiger partial charge is 0.255 e. The number of nitrogens with one attached hydrogen (secondary N) is 1. The highest BCUT2D eigenvalue weighted by Crippen LogP contribution is 2.35. The van der Waals surface area contributed by atoms with E-state index < -0.39 is 0 Å². The van der Waals surface area contributed by atoms with Gasteiger partial charge in [0, 0.05) is 28.0 Å². The van der Waals surface area contributed by atoms with Gasteiger partial charge in [-0.05, 0) is 67.4 Å². The van der Waals surface area contributed by atoms with Gasteiger partial charge in [-0.1, -0.05) is 41.6 Å². The number of fused-ring (bicyclic) bond motifs is 2. The third kappa shape index (κ3) is 4.62. The molecule has 0 unspecified atom stereocenters. The number of thioether (sulfide) groups is 1. The van der Waals surface area contributed by atoms with Crippen molar-refractivity contribution in [3.05, 3.63) is 82.9 Å². The quantitative estimate of drug-likeness (QED) is 0.333. The molecule has 2 amide bonds. The molecule has 0 aliphatic carbocycles. The zero-order valence-electron chi connectivity index (χ0n) is 17.7. The number of amides is 2. The Morgan fingerprint density at radius 3 is 2.76 bits per heavy atom. The van der Waals surface area contributed by atoms with Crippen LogP contribution < -0.4 is 10.2 Å². The molecule has 33 heavy (non-hydrogen) atoms. The second kappa shape index (κ2) is 9.17. The number of aromatic nitrogens is 1. The van der Waals surface area contributed by atoms with Gasteiger partial charge in [-0.3, -0.25) is 9.59 Å². The fourth-order valence-electron chi connectivity index (χ4n) is 3.99. The molecule has 166 valence electrons. The maximum Gasteiger partial charge on any atom is 0.255 e. The lowest BCUT2D eigenvalue weighted by molar-refractivity contribution is -0.116. The summed E-state index contributed by atoms with van der Waals surface area (Å²) in [6.45, 7) is 2.08. The molecule has 5 rings (SSSR count). The second-order valence-corrected chi connectivity index (χ2v) is 10.5. The minimum atomic E-state index is -0.198. The van der Waals surface area contributed by atoms with Gasteiger partial charge in [-0.2, -0.15) is 0 Å². The molecule has 1 aromatic heterocycles. The number of carbonyl (C=O) groups is 2. The van der Waals surface area contributed by atoms with Crippen molar-refractivity contribution < 1.29 is 9.59 Å². The minimum absolute atomic E-state index is 0.0904. The van der Waals surface area contributed by atoms with Gasteiger partial charge in [0.2, 0.25) is 5.91 Å². The highest BCUT2D eigenvalue weighted by Gasteiger charge is 2.30. The summed E-state index contributed by atoms with van der Waals surface area (Å²) < 4.78 is 1.79. The summed E-state index contributed by atoms with van der Waals surface area (Å²) in [5.74, 6) is 0.224. The Balaban J connectivity index is 1.26. The Bertz CT molecular complexity index is 1350. The highest BCUT2D eigenvalue weighted by atomic mass is 35.5. The predicted octanol–water partition coefficient (Wildman–Crippen LogP) is 6.27. The monoisotopic (exact) mass is 493 g/mol. The maximum absolute atomic E-state index is 13.0. The van der Waals surface area contributed by atoms with Crippen LogP contribution in [-0.4, -0.2) is 28.6 Å². The molecule has 0 fully saturated rings. The van der Waals surface area contributed by atoms with E-state index in [1.165, 1.54) is 28.7 Å². The Labute approximate surface area is 204 Å². The number of anilines is 2. The van der Waals surface area contributed by atoms with Crippen LogP contribution in [0.5, 0.6) is 0 Å². The summed E-state index contributed by atoms with van der Waals surface area (Å²) in [5, 5.41) is 3.50. The minimum Gasteiger partial charge on any atom is -0.322 e. The molecule has 2 heterocycles. The number of thiazole rings is 1. The van der Waals surface area contributed by atoms with Gasteiger partial charge in [0.1, 0.15) is 0 Å². The molecule has 3 aromatic carbocycles. The lowest BCUT2D eigenvalue weighted by Gasteiger charge is -2.22. The average Bonchev–Trinajstić information content (AvgIpc) is 3.37. The van der Waals surface area contributed by atoms with Crippen LogP contribution in [0.3, 0.4) is 0 Å². The molecule has 0 spiro atoms. The molecule has 1 aliphatic rings. The molecular weight excluding hydrogens is 474 g/mol. The molecule has 4 aromatic rings. The number of benzene rings is 3. The number of carbonyl (C=O) groups excluding carboxylic acids is 2. The Morgan fingerprint density at radius 1 is 1.15 bits per heavy atom. The van der Waals surface area contributed by atoms with Crippen molar-refractivity contribution in [2.24, 2.45) is 0 Å². The van der Waals surface area contributed by atoms with Crippen molar-refractivity contribution in [1.29, 1.82) is 0 Å². The normalized spacial score (nSPS) is 15.0.